The van der Waals surface area contributed by atoms with Crippen molar-refractivity contribution in [3.63, 3.8) is 0 Å². The fraction of sp³-hybridized carbons (Fsp3) is 0.500. The standard InChI is InChI=1S/C22H28N4O4/c1-13-17(14(2)25-24-13)10-15-4-6-16(7-5-15)20(27)23-19-12-22(8-3-9-30-22)11-18(19)21(28)26-29/h4-7,18-19,29H,3,8-12H2,1-2H3,(H,23,27)(H,24,25)(H,26,28)/t18-,19+,22+/m0/s1. The van der Waals surface area contributed by atoms with E-state index < -0.39 is 11.8 Å². The largest absolute Gasteiger partial charge is 0.375 e. The van der Waals surface area contributed by atoms with Crippen LogP contribution < -0.4 is 10.8 Å². The topological polar surface area (TPSA) is 116 Å². The van der Waals surface area contributed by atoms with Crippen LogP contribution in [0, 0.1) is 19.8 Å². The molecule has 30 heavy (non-hydrogen) atoms. The number of hydroxylamine groups is 1. The van der Waals surface area contributed by atoms with Crippen molar-refractivity contribution in [2.45, 2.75) is 57.6 Å². The van der Waals surface area contributed by atoms with Crippen molar-refractivity contribution in [1.82, 2.24) is 21.0 Å². The number of H-pyrrole nitrogens is 1. The maximum Gasteiger partial charge on any atom is 0.251 e. The van der Waals surface area contributed by atoms with Gasteiger partial charge in [0, 0.05) is 35.9 Å². The molecule has 4 rings (SSSR count). The number of aromatic amines is 1. The van der Waals surface area contributed by atoms with Gasteiger partial charge in [0.25, 0.3) is 5.91 Å². The van der Waals surface area contributed by atoms with Gasteiger partial charge < -0.3 is 10.1 Å². The van der Waals surface area contributed by atoms with Gasteiger partial charge in [-0.25, -0.2) is 5.48 Å². The van der Waals surface area contributed by atoms with Gasteiger partial charge in [-0.2, -0.15) is 5.10 Å². The number of nitrogens with one attached hydrogen (secondary N) is 3. The van der Waals surface area contributed by atoms with Gasteiger partial charge in [0.1, 0.15) is 0 Å². The third-order valence-electron chi connectivity index (χ3n) is 6.50. The molecule has 160 valence electrons. The summed E-state index contributed by atoms with van der Waals surface area (Å²) >= 11 is 0. The van der Waals surface area contributed by atoms with Gasteiger partial charge >= 0.3 is 0 Å². The van der Waals surface area contributed by atoms with Crippen LogP contribution in [0.5, 0.6) is 0 Å². The minimum atomic E-state index is -0.511. The molecule has 1 aromatic carbocycles. The third kappa shape index (κ3) is 3.97. The van der Waals surface area contributed by atoms with E-state index in [1.54, 1.807) is 17.6 Å². The second kappa shape index (κ2) is 8.20. The van der Waals surface area contributed by atoms with E-state index in [1.165, 1.54) is 0 Å². The van der Waals surface area contributed by atoms with Gasteiger partial charge in [-0.3, -0.25) is 19.9 Å². The van der Waals surface area contributed by atoms with Crippen molar-refractivity contribution in [2.75, 3.05) is 6.61 Å². The molecule has 2 heterocycles. The Kier molecular flexibility index (Phi) is 5.62. The van der Waals surface area contributed by atoms with Crippen LogP contribution in [-0.2, 0) is 16.0 Å². The molecule has 2 fully saturated rings. The Morgan fingerprint density at radius 1 is 1.27 bits per heavy atom. The van der Waals surface area contributed by atoms with Crippen LogP contribution in [0.25, 0.3) is 0 Å². The SMILES string of the molecule is Cc1n[nH]c(C)c1Cc1ccc(C(=O)N[C@@H]2C[C@@]3(CCCO3)C[C@@H]2C(=O)NO)cc1. The molecule has 8 nitrogen and oxygen atoms in total. The van der Waals surface area contributed by atoms with Crippen molar-refractivity contribution in [3.8, 4) is 0 Å². The van der Waals surface area contributed by atoms with E-state index in [0.717, 1.165) is 41.8 Å². The van der Waals surface area contributed by atoms with E-state index in [-0.39, 0.29) is 17.6 Å². The van der Waals surface area contributed by atoms with Crippen LogP contribution in [0.1, 0.15) is 58.6 Å². The summed E-state index contributed by atoms with van der Waals surface area (Å²) in [6, 6.07) is 7.10. The summed E-state index contributed by atoms with van der Waals surface area (Å²) in [4.78, 5) is 25.0. The summed E-state index contributed by atoms with van der Waals surface area (Å²) in [5, 5.41) is 19.3. The van der Waals surface area contributed by atoms with Crippen LogP contribution in [-0.4, -0.2) is 45.5 Å². The smallest absolute Gasteiger partial charge is 0.251 e. The maximum absolute atomic E-state index is 12.8. The number of rotatable bonds is 5. The molecule has 0 radical (unpaired) electrons. The molecule has 2 aromatic rings. The Morgan fingerprint density at radius 3 is 2.63 bits per heavy atom. The summed E-state index contributed by atoms with van der Waals surface area (Å²) < 4.78 is 5.91. The van der Waals surface area contributed by atoms with Crippen LogP contribution in [0.3, 0.4) is 0 Å². The molecular formula is C22H28N4O4. The van der Waals surface area contributed by atoms with Gasteiger partial charge in [0.15, 0.2) is 0 Å². The molecule has 1 saturated heterocycles. The van der Waals surface area contributed by atoms with Crippen molar-refractivity contribution >= 4 is 11.8 Å². The molecule has 2 amide bonds. The Labute approximate surface area is 175 Å². The summed E-state index contributed by atoms with van der Waals surface area (Å²) in [5.41, 5.74) is 6.19. The van der Waals surface area contributed by atoms with Gasteiger partial charge in [-0.1, -0.05) is 12.1 Å². The lowest BCUT2D eigenvalue weighted by molar-refractivity contribution is -0.134. The van der Waals surface area contributed by atoms with E-state index >= 15 is 0 Å². The minimum Gasteiger partial charge on any atom is -0.375 e. The first-order valence-electron chi connectivity index (χ1n) is 10.4. The molecular weight excluding hydrogens is 384 g/mol. The van der Waals surface area contributed by atoms with Crippen LogP contribution >= 0.6 is 0 Å². The van der Waals surface area contributed by atoms with Crippen molar-refractivity contribution in [3.05, 3.63) is 52.3 Å². The van der Waals surface area contributed by atoms with Crippen molar-refractivity contribution in [2.24, 2.45) is 5.92 Å². The quantitative estimate of drug-likeness (QED) is 0.444. The normalized spacial score (nSPS) is 25.6. The molecule has 3 atom stereocenters. The van der Waals surface area contributed by atoms with E-state index in [0.29, 0.717) is 25.0 Å². The first-order chi connectivity index (χ1) is 14.4. The maximum atomic E-state index is 12.8. The second-order valence-corrected chi connectivity index (χ2v) is 8.49. The molecule has 1 spiro atoms. The highest BCUT2D eigenvalue weighted by atomic mass is 16.5. The Morgan fingerprint density at radius 2 is 2.03 bits per heavy atom. The molecule has 1 aromatic heterocycles. The number of nitrogens with zero attached hydrogens (tertiary/aromatic N) is 1. The number of aromatic nitrogens is 2. The van der Waals surface area contributed by atoms with E-state index in [1.807, 2.05) is 26.0 Å². The predicted molar refractivity (Wildman–Crippen MR) is 109 cm³/mol. The Balaban J connectivity index is 1.44. The highest BCUT2D eigenvalue weighted by Gasteiger charge is 2.51. The monoisotopic (exact) mass is 412 g/mol. The number of hydrogen-bond acceptors (Lipinski definition) is 5. The van der Waals surface area contributed by atoms with Gasteiger partial charge in [-0.05, 0) is 57.2 Å². The first-order valence-corrected chi connectivity index (χ1v) is 10.4. The lowest BCUT2D eigenvalue weighted by Crippen LogP contribution is -2.43. The molecule has 1 aliphatic carbocycles. The average molecular weight is 412 g/mol. The van der Waals surface area contributed by atoms with Gasteiger partial charge in [0.05, 0.1) is 17.2 Å². The van der Waals surface area contributed by atoms with E-state index in [2.05, 4.69) is 15.5 Å². The summed E-state index contributed by atoms with van der Waals surface area (Å²) in [5.74, 6) is -1.22. The number of aryl methyl sites for hydroxylation is 2. The van der Waals surface area contributed by atoms with Crippen LogP contribution in [0.2, 0.25) is 0 Å². The van der Waals surface area contributed by atoms with Crippen molar-refractivity contribution in [1.29, 1.82) is 0 Å². The molecule has 0 unspecified atom stereocenters. The summed E-state index contributed by atoms with van der Waals surface area (Å²) in [6.07, 6.45) is 3.65. The molecule has 1 saturated carbocycles. The zero-order chi connectivity index (χ0) is 21.3. The molecule has 8 heteroatoms. The van der Waals surface area contributed by atoms with Crippen LogP contribution in [0.15, 0.2) is 24.3 Å². The zero-order valence-corrected chi connectivity index (χ0v) is 17.3. The number of carbonyl (C=O) groups excluding carboxylic acids is 2. The number of hydrogen-bond donors (Lipinski definition) is 4. The summed E-state index contributed by atoms with van der Waals surface area (Å²) in [6.45, 7) is 4.64. The number of carbonyl (C=O) groups is 2. The number of amides is 2. The van der Waals surface area contributed by atoms with Crippen LogP contribution in [0.4, 0.5) is 0 Å². The third-order valence-corrected chi connectivity index (χ3v) is 6.50. The first kappa shape index (κ1) is 20.6. The molecule has 1 aliphatic heterocycles. The summed E-state index contributed by atoms with van der Waals surface area (Å²) in [7, 11) is 0. The lowest BCUT2D eigenvalue weighted by Gasteiger charge is -2.22. The van der Waals surface area contributed by atoms with Gasteiger partial charge in [-0.15, -0.1) is 0 Å². The fourth-order valence-electron chi connectivity index (χ4n) is 4.82. The minimum absolute atomic E-state index is 0.229. The lowest BCUT2D eigenvalue weighted by atomic mass is 9.96. The predicted octanol–water partition coefficient (Wildman–Crippen LogP) is 2.18. The Hall–Kier alpha value is -2.71. The highest BCUT2D eigenvalue weighted by Crippen LogP contribution is 2.44. The Bertz CT molecular complexity index is 912. The van der Waals surface area contributed by atoms with E-state index in [4.69, 9.17) is 9.94 Å². The molecule has 4 N–H and O–H groups in total. The number of benzene rings is 1. The number of ether oxygens (including phenoxy) is 1. The zero-order valence-electron chi connectivity index (χ0n) is 17.3. The average Bonchev–Trinajstić information content (AvgIpc) is 3.44. The second-order valence-electron chi connectivity index (χ2n) is 8.49. The fourth-order valence-corrected chi connectivity index (χ4v) is 4.82. The molecule has 0 bridgehead atoms. The van der Waals surface area contributed by atoms with Crippen molar-refractivity contribution < 1.29 is 19.5 Å². The highest BCUT2D eigenvalue weighted by molar-refractivity contribution is 5.95. The van der Waals surface area contributed by atoms with E-state index in [9.17, 15) is 9.59 Å². The van der Waals surface area contributed by atoms with Gasteiger partial charge in [0.2, 0.25) is 5.91 Å². The molecule has 2 aliphatic rings.